The van der Waals surface area contributed by atoms with Crippen molar-refractivity contribution in [3.05, 3.63) is 45.3 Å². The number of hydrogen-bond donors (Lipinski definition) is 1. The van der Waals surface area contributed by atoms with E-state index in [-0.39, 0.29) is 32.5 Å². The zero-order valence-electron chi connectivity index (χ0n) is 11.3. The summed E-state index contributed by atoms with van der Waals surface area (Å²) in [5.41, 5.74) is 0. The largest absolute Gasteiger partial charge is 0.377 e. The quantitative estimate of drug-likeness (QED) is 0.807. The molecule has 1 aromatic carbocycles. The van der Waals surface area contributed by atoms with Gasteiger partial charge in [-0.2, -0.15) is 8.42 Å². The Morgan fingerprint density at radius 2 is 2.00 bits per heavy atom. The Kier molecular flexibility index (Phi) is 5.33. The molecule has 0 radical (unpaired) electrons. The molecule has 1 aromatic heterocycles. The maximum Gasteiger partial charge on any atom is 0.348 e. The number of carbonyl (C=O) groups is 1. The van der Waals surface area contributed by atoms with E-state index in [2.05, 4.69) is 5.32 Å². The van der Waals surface area contributed by atoms with Gasteiger partial charge in [-0.05, 0) is 24.3 Å². The topological polar surface area (TPSA) is 72.5 Å². The number of amides is 1. The lowest BCUT2D eigenvalue weighted by molar-refractivity contribution is -0.119. The minimum Gasteiger partial charge on any atom is -0.377 e. The van der Waals surface area contributed by atoms with Crippen molar-refractivity contribution in [3.8, 4) is 5.75 Å². The summed E-state index contributed by atoms with van der Waals surface area (Å²) >= 11 is 12.7. The van der Waals surface area contributed by atoms with Crippen LogP contribution in [-0.2, 0) is 21.5 Å². The van der Waals surface area contributed by atoms with E-state index in [0.717, 1.165) is 11.3 Å². The predicted octanol–water partition coefficient (Wildman–Crippen LogP) is 3.46. The van der Waals surface area contributed by atoms with Gasteiger partial charge in [0.2, 0.25) is 5.91 Å². The van der Waals surface area contributed by atoms with Gasteiger partial charge in [-0.25, -0.2) is 0 Å². The molecule has 0 aliphatic heterocycles. The number of halogens is 2. The second kappa shape index (κ2) is 6.87. The minimum atomic E-state index is -4.01. The monoisotopic (exact) mass is 379 g/mol. The minimum absolute atomic E-state index is 0.0175. The van der Waals surface area contributed by atoms with Crippen LogP contribution in [0.5, 0.6) is 5.75 Å². The van der Waals surface area contributed by atoms with Crippen molar-refractivity contribution in [1.82, 2.24) is 5.32 Å². The summed E-state index contributed by atoms with van der Waals surface area (Å²) in [6, 6.07) is 7.50. The van der Waals surface area contributed by atoms with Gasteiger partial charge in [-0.3, -0.25) is 4.79 Å². The first-order chi connectivity index (χ1) is 10.3. The van der Waals surface area contributed by atoms with Gasteiger partial charge in [-0.15, -0.1) is 11.3 Å². The number of hydrogen-bond acceptors (Lipinski definition) is 5. The van der Waals surface area contributed by atoms with Crippen molar-refractivity contribution >= 4 is 50.6 Å². The average molecular weight is 380 g/mol. The molecule has 0 aliphatic carbocycles. The summed E-state index contributed by atoms with van der Waals surface area (Å²) in [6.45, 7) is 1.64. The van der Waals surface area contributed by atoms with Crippen molar-refractivity contribution in [3.63, 3.8) is 0 Å². The summed E-state index contributed by atoms with van der Waals surface area (Å²) < 4.78 is 29.5. The van der Waals surface area contributed by atoms with E-state index in [0.29, 0.717) is 4.88 Å². The Hall–Kier alpha value is -1.28. The normalized spacial score (nSPS) is 11.2. The van der Waals surface area contributed by atoms with Crippen LogP contribution in [0.25, 0.3) is 0 Å². The summed E-state index contributed by atoms with van der Waals surface area (Å²) in [5, 5.41) is 2.82. The molecule has 0 saturated carbocycles. The fraction of sp³-hybridized carbons (Fsp3) is 0.154. The maximum atomic E-state index is 12.2. The van der Waals surface area contributed by atoms with E-state index in [9.17, 15) is 13.2 Å². The summed E-state index contributed by atoms with van der Waals surface area (Å²) in [4.78, 5) is 11.5. The zero-order chi connectivity index (χ0) is 16.3. The van der Waals surface area contributed by atoms with Gasteiger partial charge < -0.3 is 9.50 Å². The van der Waals surface area contributed by atoms with Crippen LogP contribution in [0.1, 0.15) is 11.8 Å². The lowest BCUT2D eigenvalue weighted by Crippen LogP contribution is -2.18. The van der Waals surface area contributed by atoms with Gasteiger partial charge in [0.1, 0.15) is 5.02 Å². The van der Waals surface area contributed by atoms with Crippen molar-refractivity contribution in [1.29, 1.82) is 0 Å². The molecule has 2 rings (SSSR count). The molecule has 0 fully saturated rings. The highest BCUT2D eigenvalue weighted by Crippen LogP contribution is 2.34. The van der Waals surface area contributed by atoms with Crippen LogP contribution in [-0.4, -0.2) is 14.3 Å². The third kappa shape index (κ3) is 4.13. The lowest BCUT2D eigenvalue weighted by Gasteiger charge is -2.07. The molecule has 5 nitrogen and oxygen atoms in total. The zero-order valence-corrected chi connectivity index (χ0v) is 14.4. The van der Waals surface area contributed by atoms with Crippen molar-refractivity contribution < 1.29 is 17.4 Å². The number of thiophene rings is 1. The smallest absolute Gasteiger partial charge is 0.348 e. The standard InChI is InChI=1S/C13H11Cl2NO4S2/c1-8(17)16-7-9-5-6-12(21-9)22(18,19)20-11-4-2-3-10(14)13(11)15/h2-6H,7H2,1H3,(H,16,17). The molecule has 1 N–H and O–H groups in total. The fourth-order valence-electron chi connectivity index (χ4n) is 1.51. The van der Waals surface area contributed by atoms with Gasteiger partial charge in [0.05, 0.1) is 11.6 Å². The molecule has 9 heteroatoms. The highest BCUT2D eigenvalue weighted by molar-refractivity contribution is 7.89. The Balaban J connectivity index is 2.20. The van der Waals surface area contributed by atoms with Crippen LogP contribution in [0, 0.1) is 0 Å². The predicted molar refractivity (Wildman–Crippen MR) is 86.1 cm³/mol. The van der Waals surface area contributed by atoms with Gasteiger partial charge in [0, 0.05) is 11.8 Å². The van der Waals surface area contributed by atoms with Crippen molar-refractivity contribution in [2.24, 2.45) is 0 Å². The molecule has 22 heavy (non-hydrogen) atoms. The third-order valence-electron chi connectivity index (χ3n) is 2.51. The molecular formula is C13H11Cl2NO4S2. The molecule has 0 atom stereocenters. The number of carbonyl (C=O) groups excluding carboxylic acids is 1. The Bertz CT molecular complexity index is 802. The molecule has 0 unspecified atom stereocenters. The van der Waals surface area contributed by atoms with Crippen LogP contribution in [0.2, 0.25) is 10.0 Å². The number of benzene rings is 1. The number of nitrogens with one attached hydrogen (secondary N) is 1. The molecule has 0 saturated heterocycles. The molecule has 1 heterocycles. The molecule has 0 aliphatic rings. The van der Waals surface area contributed by atoms with Crippen LogP contribution in [0.3, 0.4) is 0 Å². The fourth-order valence-corrected chi connectivity index (χ4v) is 4.08. The van der Waals surface area contributed by atoms with E-state index in [1.165, 1.54) is 31.2 Å². The molecule has 0 bridgehead atoms. The van der Waals surface area contributed by atoms with E-state index in [1.807, 2.05) is 0 Å². The molecule has 0 spiro atoms. The lowest BCUT2D eigenvalue weighted by atomic mass is 10.3. The van der Waals surface area contributed by atoms with Gasteiger partial charge in [0.25, 0.3) is 0 Å². The molecule has 2 aromatic rings. The van der Waals surface area contributed by atoms with Gasteiger partial charge in [-0.1, -0.05) is 29.3 Å². The van der Waals surface area contributed by atoms with Crippen molar-refractivity contribution in [2.45, 2.75) is 17.7 Å². The first kappa shape index (κ1) is 17.1. The molecular weight excluding hydrogens is 369 g/mol. The summed E-state index contributed by atoms with van der Waals surface area (Å²) in [5.74, 6) is -0.231. The van der Waals surface area contributed by atoms with Crippen LogP contribution < -0.4 is 9.50 Å². The average Bonchev–Trinajstić information content (AvgIpc) is 2.91. The highest BCUT2D eigenvalue weighted by Gasteiger charge is 2.21. The Morgan fingerprint density at radius 3 is 2.68 bits per heavy atom. The molecule has 118 valence electrons. The SMILES string of the molecule is CC(=O)NCc1ccc(S(=O)(=O)Oc2cccc(Cl)c2Cl)s1. The Morgan fingerprint density at radius 1 is 1.27 bits per heavy atom. The van der Waals surface area contributed by atoms with E-state index >= 15 is 0 Å². The second-order valence-electron chi connectivity index (χ2n) is 4.22. The first-order valence-corrected chi connectivity index (χ1v) is 8.99. The van der Waals surface area contributed by atoms with Gasteiger partial charge in [0.15, 0.2) is 9.96 Å². The van der Waals surface area contributed by atoms with Gasteiger partial charge >= 0.3 is 10.1 Å². The molecule has 1 amide bonds. The van der Waals surface area contributed by atoms with Crippen LogP contribution in [0.4, 0.5) is 0 Å². The van der Waals surface area contributed by atoms with Crippen LogP contribution in [0.15, 0.2) is 34.5 Å². The third-order valence-corrected chi connectivity index (χ3v) is 6.08. The first-order valence-electron chi connectivity index (χ1n) is 6.01. The van der Waals surface area contributed by atoms with Crippen LogP contribution >= 0.6 is 34.5 Å². The summed E-state index contributed by atoms with van der Waals surface area (Å²) in [6.07, 6.45) is 0. The highest BCUT2D eigenvalue weighted by atomic mass is 35.5. The number of rotatable bonds is 5. The Labute approximate surface area is 141 Å². The van der Waals surface area contributed by atoms with E-state index in [4.69, 9.17) is 27.4 Å². The maximum absolute atomic E-state index is 12.2. The second-order valence-corrected chi connectivity index (χ2v) is 7.95. The van der Waals surface area contributed by atoms with E-state index < -0.39 is 10.1 Å². The summed E-state index contributed by atoms with van der Waals surface area (Å²) in [7, 11) is -4.01. The van der Waals surface area contributed by atoms with E-state index in [1.54, 1.807) is 6.07 Å². The van der Waals surface area contributed by atoms with Crippen molar-refractivity contribution in [2.75, 3.05) is 0 Å².